The molecule has 0 spiro atoms. The maximum atomic E-state index is 11.9. The first-order valence-electron chi connectivity index (χ1n) is 6.83. The smallest absolute Gasteiger partial charge is 0.412 e. The van der Waals surface area contributed by atoms with Gasteiger partial charge >= 0.3 is 12.1 Å². The summed E-state index contributed by atoms with van der Waals surface area (Å²) in [5.74, 6) is -0.418. The minimum Gasteiger partial charge on any atom is -0.493 e. The molecule has 7 nitrogen and oxygen atoms in total. The third-order valence-corrected chi connectivity index (χ3v) is 2.56. The van der Waals surface area contributed by atoms with Crippen molar-refractivity contribution in [2.24, 2.45) is 0 Å². The minimum atomic E-state index is -1.08. The van der Waals surface area contributed by atoms with Crippen molar-refractivity contribution < 1.29 is 28.9 Å². The van der Waals surface area contributed by atoms with Gasteiger partial charge in [0.25, 0.3) is 0 Å². The number of hydrogen-bond acceptors (Lipinski definition) is 5. The summed E-state index contributed by atoms with van der Waals surface area (Å²) in [5, 5.41) is 11.3. The molecule has 0 aliphatic carbocycles. The normalized spacial score (nSPS) is 11.2. The number of aliphatic carboxylic acids is 1. The zero-order valence-corrected chi connectivity index (χ0v) is 13.8. The molecule has 7 heteroatoms. The molecule has 2 N–H and O–H groups in total. The van der Waals surface area contributed by atoms with Gasteiger partial charge in [-0.1, -0.05) is 0 Å². The molecule has 0 aliphatic heterocycles. The van der Waals surface area contributed by atoms with Gasteiger partial charge in [0.05, 0.1) is 19.9 Å². The fourth-order valence-corrected chi connectivity index (χ4v) is 1.76. The van der Waals surface area contributed by atoms with E-state index in [1.165, 1.54) is 20.3 Å². The summed E-state index contributed by atoms with van der Waals surface area (Å²) < 4.78 is 15.6. The van der Waals surface area contributed by atoms with Gasteiger partial charge in [-0.2, -0.15) is 0 Å². The highest BCUT2D eigenvalue weighted by Gasteiger charge is 2.19. The van der Waals surface area contributed by atoms with Crippen LogP contribution in [0.25, 0.3) is 6.08 Å². The van der Waals surface area contributed by atoms with Crippen LogP contribution in [0, 0.1) is 0 Å². The van der Waals surface area contributed by atoms with E-state index in [1.807, 2.05) is 0 Å². The highest BCUT2D eigenvalue weighted by atomic mass is 16.6. The fourth-order valence-electron chi connectivity index (χ4n) is 1.76. The Morgan fingerprint density at radius 2 is 1.83 bits per heavy atom. The molecule has 0 atom stereocenters. The number of carboxylic acids is 1. The zero-order valence-electron chi connectivity index (χ0n) is 13.8. The molecule has 0 unspecified atom stereocenters. The van der Waals surface area contributed by atoms with E-state index in [1.54, 1.807) is 32.9 Å². The Balaban J connectivity index is 3.19. The van der Waals surface area contributed by atoms with Crippen LogP contribution in [0.2, 0.25) is 0 Å². The second-order valence-corrected chi connectivity index (χ2v) is 5.60. The van der Waals surface area contributed by atoms with E-state index in [9.17, 15) is 9.59 Å². The lowest BCUT2D eigenvalue weighted by molar-refractivity contribution is -0.131. The largest absolute Gasteiger partial charge is 0.493 e. The van der Waals surface area contributed by atoms with Crippen LogP contribution in [0.4, 0.5) is 10.5 Å². The lowest BCUT2D eigenvalue weighted by atomic mass is 10.1. The summed E-state index contributed by atoms with van der Waals surface area (Å²) in [4.78, 5) is 22.6. The number of carbonyl (C=O) groups excluding carboxylic acids is 1. The Bertz CT molecular complexity index is 616. The van der Waals surface area contributed by atoms with Crippen LogP contribution in [0.1, 0.15) is 26.3 Å². The summed E-state index contributed by atoms with van der Waals surface area (Å²) in [6.07, 6.45) is 1.71. The molecule has 0 aliphatic rings. The molecule has 1 aromatic carbocycles. The van der Waals surface area contributed by atoms with Crippen LogP contribution >= 0.6 is 0 Å². The second-order valence-electron chi connectivity index (χ2n) is 5.60. The van der Waals surface area contributed by atoms with Gasteiger partial charge in [-0.3, -0.25) is 5.32 Å². The Morgan fingerprint density at radius 1 is 1.17 bits per heavy atom. The number of carboxylic acid groups (broad SMARTS) is 1. The van der Waals surface area contributed by atoms with Crippen LogP contribution in [-0.4, -0.2) is 37.0 Å². The fraction of sp³-hybridized carbons (Fsp3) is 0.375. The predicted molar refractivity (Wildman–Crippen MR) is 86.1 cm³/mol. The van der Waals surface area contributed by atoms with Crippen LogP contribution in [0.15, 0.2) is 18.2 Å². The Morgan fingerprint density at radius 3 is 2.30 bits per heavy atom. The first-order chi connectivity index (χ1) is 10.7. The molecule has 0 radical (unpaired) electrons. The van der Waals surface area contributed by atoms with Gasteiger partial charge in [0.1, 0.15) is 5.60 Å². The van der Waals surface area contributed by atoms with Gasteiger partial charge in [0, 0.05) is 6.08 Å². The quantitative estimate of drug-likeness (QED) is 0.808. The molecular weight excluding hydrogens is 302 g/mol. The highest BCUT2D eigenvalue weighted by Crippen LogP contribution is 2.37. The lowest BCUT2D eigenvalue weighted by Gasteiger charge is -2.21. The van der Waals surface area contributed by atoms with Crippen molar-refractivity contribution in [3.63, 3.8) is 0 Å². The maximum absolute atomic E-state index is 11.9. The SMILES string of the molecule is COc1cc(/C=C/C(=O)O)cc(NC(=O)OC(C)(C)C)c1OC. The van der Waals surface area contributed by atoms with Gasteiger partial charge in [0.15, 0.2) is 11.5 Å². The topological polar surface area (TPSA) is 94.1 Å². The van der Waals surface area contributed by atoms with Crippen molar-refractivity contribution in [2.75, 3.05) is 19.5 Å². The molecule has 0 aromatic heterocycles. The molecule has 0 bridgehead atoms. The van der Waals surface area contributed by atoms with Crippen molar-refractivity contribution in [3.8, 4) is 11.5 Å². The van der Waals surface area contributed by atoms with Crippen molar-refractivity contribution in [3.05, 3.63) is 23.8 Å². The summed E-state index contributed by atoms with van der Waals surface area (Å²) in [6.45, 7) is 5.24. The minimum absolute atomic E-state index is 0.311. The number of rotatable bonds is 5. The summed E-state index contributed by atoms with van der Waals surface area (Å²) in [5.41, 5.74) is 0.185. The molecular formula is C16H21NO6. The Hall–Kier alpha value is -2.70. The molecule has 1 aromatic rings. The highest BCUT2D eigenvalue weighted by molar-refractivity contribution is 5.90. The third kappa shape index (κ3) is 5.90. The third-order valence-electron chi connectivity index (χ3n) is 2.56. The van der Waals surface area contributed by atoms with Gasteiger partial charge in [-0.05, 0) is 44.5 Å². The van der Waals surface area contributed by atoms with E-state index in [2.05, 4.69) is 5.32 Å². The maximum Gasteiger partial charge on any atom is 0.412 e. The van der Waals surface area contributed by atoms with E-state index in [-0.39, 0.29) is 0 Å². The number of benzene rings is 1. The van der Waals surface area contributed by atoms with E-state index in [0.717, 1.165) is 6.08 Å². The second kappa shape index (κ2) is 7.53. The van der Waals surface area contributed by atoms with E-state index < -0.39 is 17.7 Å². The van der Waals surface area contributed by atoms with Crippen LogP contribution in [0.3, 0.4) is 0 Å². The number of nitrogens with one attached hydrogen (secondary N) is 1. The standard InChI is InChI=1S/C16H21NO6/c1-16(2,3)23-15(20)17-11-8-10(6-7-13(18)19)9-12(21-4)14(11)22-5/h6-9H,1-5H3,(H,17,20)(H,18,19)/b7-6+. The lowest BCUT2D eigenvalue weighted by Crippen LogP contribution is -2.27. The molecule has 0 heterocycles. The number of hydrogen-bond donors (Lipinski definition) is 2. The Kier molecular flexibility index (Phi) is 6.01. The summed E-state index contributed by atoms with van der Waals surface area (Å²) in [7, 11) is 2.88. The average Bonchev–Trinajstić information content (AvgIpc) is 2.42. The van der Waals surface area contributed by atoms with Gasteiger partial charge in [-0.15, -0.1) is 0 Å². The van der Waals surface area contributed by atoms with E-state index in [0.29, 0.717) is 22.7 Å². The molecule has 23 heavy (non-hydrogen) atoms. The first kappa shape index (κ1) is 18.3. The average molecular weight is 323 g/mol. The van der Waals surface area contributed by atoms with Crippen molar-refractivity contribution in [2.45, 2.75) is 26.4 Å². The number of ether oxygens (including phenoxy) is 3. The summed E-state index contributed by atoms with van der Waals surface area (Å²) in [6, 6.07) is 3.16. The molecule has 1 amide bonds. The Labute approximate surface area is 134 Å². The van der Waals surface area contributed by atoms with E-state index >= 15 is 0 Å². The van der Waals surface area contributed by atoms with Gasteiger partial charge < -0.3 is 19.3 Å². The first-order valence-corrected chi connectivity index (χ1v) is 6.83. The van der Waals surface area contributed by atoms with Crippen LogP contribution in [0.5, 0.6) is 11.5 Å². The summed E-state index contributed by atoms with van der Waals surface area (Å²) >= 11 is 0. The zero-order chi connectivity index (χ0) is 17.6. The number of carbonyl (C=O) groups is 2. The van der Waals surface area contributed by atoms with Gasteiger partial charge in [0.2, 0.25) is 0 Å². The molecule has 0 fully saturated rings. The van der Waals surface area contributed by atoms with Crippen molar-refractivity contribution in [1.82, 2.24) is 0 Å². The molecule has 126 valence electrons. The van der Waals surface area contributed by atoms with Crippen LogP contribution < -0.4 is 14.8 Å². The van der Waals surface area contributed by atoms with Crippen molar-refractivity contribution in [1.29, 1.82) is 0 Å². The van der Waals surface area contributed by atoms with Crippen LogP contribution in [-0.2, 0) is 9.53 Å². The predicted octanol–water partition coefficient (Wildman–Crippen LogP) is 3.15. The molecule has 0 saturated heterocycles. The monoisotopic (exact) mass is 323 g/mol. The number of methoxy groups -OCH3 is 2. The molecule has 0 saturated carbocycles. The van der Waals surface area contributed by atoms with Crippen molar-refractivity contribution >= 4 is 23.8 Å². The number of amides is 1. The molecule has 1 rings (SSSR count). The number of anilines is 1. The van der Waals surface area contributed by atoms with E-state index in [4.69, 9.17) is 19.3 Å². The van der Waals surface area contributed by atoms with Gasteiger partial charge in [-0.25, -0.2) is 9.59 Å².